The Morgan fingerprint density at radius 1 is 1.27 bits per heavy atom. The number of hydrogen-bond donors (Lipinski definition) is 1. The topological polar surface area (TPSA) is 24.5 Å². The van der Waals surface area contributed by atoms with Crippen LogP contribution in [0.1, 0.15) is 53.0 Å². The minimum Gasteiger partial charge on any atom is -0.487 e. The van der Waals surface area contributed by atoms with E-state index in [1.807, 2.05) is 0 Å². The van der Waals surface area contributed by atoms with E-state index in [1.54, 1.807) is 0 Å². The fourth-order valence-electron chi connectivity index (χ4n) is 3.24. The normalized spacial score (nSPS) is 17.2. The maximum absolute atomic E-state index is 6.01. The number of benzene rings is 1. The van der Waals surface area contributed by atoms with Crippen molar-refractivity contribution < 1.29 is 4.74 Å². The smallest absolute Gasteiger partial charge is 0.125 e. The molecule has 1 heterocycles. The molecule has 1 atom stereocenters. The van der Waals surface area contributed by atoms with Gasteiger partial charge in [0.05, 0.1) is 0 Å². The Labute approximate surface area is 136 Å². The molecular formula is C19H32N2O. The Hall–Kier alpha value is -1.22. The first-order chi connectivity index (χ1) is 10.4. The van der Waals surface area contributed by atoms with Crippen LogP contribution in [0.25, 0.3) is 0 Å². The predicted molar refractivity (Wildman–Crippen MR) is 95.0 cm³/mol. The highest BCUT2D eigenvalue weighted by Crippen LogP contribution is 2.39. The van der Waals surface area contributed by atoms with Gasteiger partial charge in [0.2, 0.25) is 0 Å². The van der Waals surface area contributed by atoms with Crippen molar-refractivity contribution in [2.24, 2.45) is 0 Å². The summed E-state index contributed by atoms with van der Waals surface area (Å²) in [6, 6.07) is 6.85. The summed E-state index contributed by atoms with van der Waals surface area (Å²) in [5, 5.41) is 3.69. The fourth-order valence-corrected chi connectivity index (χ4v) is 3.24. The second kappa shape index (κ2) is 7.36. The number of nitrogens with one attached hydrogen (secondary N) is 1. The number of fused-ring (bicyclic) bond motifs is 1. The molecule has 0 spiro atoms. The fraction of sp³-hybridized carbons (Fsp3) is 0.684. The molecule has 1 N–H and O–H groups in total. The summed E-state index contributed by atoms with van der Waals surface area (Å²) < 4.78 is 6.01. The Bertz CT molecular complexity index is 480. The van der Waals surface area contributed by atoms with Crippen molar-refractivity contribution in [3.63, 3.8) is 0 Å². The van der Waals surface area contributed by atoms with Crippen LogP contribution in [0.2, 0.25) is 0 Å². The monoisotopic (exact) mass is 304 g/mol. The number of nitrogens with zero attached hydrogens (tertiary/aromatic N) is 1. The minimum absolute atomic E-state index is 0.0773. The van der Waals surface area contributed by atoms with Gasteiger partial charge in [0, 0.05) is 23.7 Å². The lowest BCUT2D eigenvalue weighted by molar-refractivity contribution is 0.138. The summed E-state index contributed by atoms with van der Waals surface area (Å²) >= 11 is 0. The molecule has 0 radical (unpaired) electrons. The van der Waals surface area contributed by atoms with Crippen molar-refractivity contribution in [3.05, 3.63) is 23.8 Å². The van der Waals surface area contributed by atoms with Crippen molar-refractivity contribution in [2.45, 2.75) is 65.5 Å². The second-order valence-electron chi connectivity index (χ2n) is 7.04. The summed E-state index contributed by atoms with van der Waals surface area (Å²) in [6.07, 6.45) is 3.43. The molecular weight excluding hydrogens is 272 g/mol. The van der Waals surface area contributed by atoms with Gasteiger partial charge in [0.15, 0.2) is 0 Å². The van der Waals surface area contributed by atoms with Gasteiger partial charge >= 0.3 is 0 Å². The van der Waals surface area contributed by atoms with Crippen molar-refractivity contribution in [2.75, 3.05) is 25.0 Å². The van der Waals surface area contributed by atoms with Crippen LogP contribution in [0.3, 0.4) is 0 Å². The van der Waals surface area contributed by atoms with Crippen molar-refractivity contribution in [1.82, 2.24) is 4.90 Å². The molecule has 3 nitrogen and oxygen atoms in total. The van der Waals surface area contributed by atoms with Crippen LogP contribution >= 0.6 is 0 Å². The predicted octanol–water partition coefficient (Wildman–Crippen LogP) is 4.32. The maximum atomic E-state index is 6.01. The van der Waals surface area contributed by atoms with Crippen LogP contribution in [0.15, 0.2) is 18.2 Å². The van der Waals surface area contributed by atoms with Crippen LogP contribution < -0.4 is 10.1 Å². The highest BCUT2D eigenvalue weighted by atomic mass is 16.5. The van der Waals surface area contributed by atoms with Gasteiger partial charge in [-0.05, 0) is 65.4 Å². The lowest BCUT2D eigenvalue weighted by Crippen LogP contribution is -2.26. The third kappa shape index (κ3) is 4.39. The average Bonchev–Trinajstić information content (AvgIpc) is 2.79. The Kier molecular flexibility index (Phi) is 5.74. The average molecular weight is 304 g/mol. The zero-order valence-electron chi connectivity index (χ0n) is 14.9. The molecule has 1 aliphatic rings. The first kappa shape index (κ1) is 17.1. The Morgan fingerprint density at radius 3 is 2.68 bits per heavy atom. The molecule has 0 fully saturated rings. The van der Waals surface area contributed by atoms with E-state index >= 15 is 0 Å². The van der Waals surface area contributed by atoms with E-state index in [0.29, 0.717) is 6.04 Å². The van der Waals surface area contributed by atoms with Crippen molar-refractivity contribution in [1.29, 1.82) is 0 Å². The highest BCUT2D eigenvalue weighted by Gasteiger charge is 2.31. The number of rotatable bonds is 8. The molecule has 22 heavy (non-hydrogen) atoms. The first-order valence-corrected chi connectivity index (χ1v) is 8.75. The molecule has 0 aromatic heterocycles. The third-order valence-corrected chi connectivity index (χ3v) is 4.53. The summed E-state index contributed by atoms with van der Waals surface area (Å²) in [4.78, 5) is 2.49. The van der Waals surface area contributed by atoms with Crippen molar-refractivity contribution in [3.8, 4) is 5.75 Å². The van der Waals surface area contributed by atoms with Crippen LogP contribution in [0.4, 0.5) is 5.69 Å². The molecule has 0 saturated carbocycles. The van der Waals surface area contributed by atoms with E-state index in [9.17, 15) is 0 Å². The quantitative estimate of drug-likeness (QED) is 0.774. The molecule has 3 heteroatoms. The molecule has 1 aliphatic heterocycles. The largest absolute Gasteiger partial charge is 0.487 e. The molecule has 0 bridgehead atoms. The number of anilines is 1. The molecule has 0 unspecified atom stereocenters. The van der Waals surface area contributed by atoms with Gasteiger partial charge in [-0.3, -0.25) is 0 Å². The van der Waals surface area contributed by atoms with E-state index in [1.165, 1.54) is 30.6 Å². The lowest BCUT2D eigenvalue weighted by Gasteiger charge is -2.21. The Morgan fingerprint density at radius 2 is 2.00 bits per heavy atom. The summed E-state index contributed by atoms with van der Waals surface area (Å²) in [5.74, 6) is 1.05. The molecule has 2 rings (SSSR count). The van der Waals surface area contributed by atoms with Gasteiger partial charge in [0.1, 0.15) is 11.4 Å². The summed E-state index contributed by atoms with van der Waals surface area (Å²) in [7, 11) is 0. The molecule has 124 valence electrons. The molecule has 0 aliphatic carbocycles. The van der Waals surface area contributed by atoms with E-state index in [0.717, 1.165) is 25.3 Å². The highest BCUT2D eigenvalue weighted by molar-refractivity contribution is 5.60. The molecule has 1 aromatic carbocycles. The van der Waals surface area contributed by atoms with Gasteiger partial charge in [-0.1, -0.05) is 19.9 Å². The first-order valence-electron chi connectivity index (χ1n) is 8.75. The standard InChI is InChI=1S/C19H32N2O/c1-6-21(7-2)13-9-10-15(3)20-17-11-8-12-18-16(17)14-19(4,5)22-18/h8,11-12,15,20H,6-7,9-10,13-14H2,1-5H3/t15-/m1/s1. The van der Waals surface area contributed by atoms with Crippen molar-refractivity contribution >= 4 is 5.69 Å². The zero-order valence-corrected chi connectivity index (χ0v) is 14.9. The van der Waals surface area contributed by atoms with Crippen LogP contribution in [0, 0.1) is 0 Å². The number of hydrogen-bond acceptors (Lipinski definition) is 3. The third-order valence-electron chi connectivity index (χ3n) is 4.53. The van der Waals surface area contributed by atoms with Crippen LogP contribution in [-0.2, 0) is 6.42 Å². The Balaban J connectivity index is 1.88. The van der Waals surface area contributed by atoms with Gasteiger partial charge in [0.25, 0.3) is 0 Å². The van der Waals surface area contributed by atoms with E-state index in [4.69, 9.17) is 4.74 Å². The SMILES string of the molecule is CCN(CC)CCC[C@@H](C)Nc1cccc2c1CC(C)(C)O2. The molecule has 0 saturated heterocycles. The van der Waals surface area contributed by atoms with Crippen LogP contribution in [0.5, 0.6) is 5.75 Å². The van der Waals surface area contributed by atoms with Gasteiger partial charge < -0.3 is 15.0 Å². The summed E-state index contributed by atoms with van der Waals surface area (Å²) in [6.45, 7) is 14.6. The van der Waals surface area contributed by atoms with Gasteiger partial charge in [-0.25, -0.2) is 0 Å². The zero-order chi connectivity index (χ0) is 16.2. The van der Waals surface area contributed by atoms with E-state index in [-0.39, 0.29) is 5.60 Å². The lowest BCUT2D eigenvalue weighted by atomic mass is 10.00. The molecule has 1 aromatic rings. The molecule has 0 amide bonds. The minimum atomic E-state index is -0.0773. The van der Waals surface area contributed by atoms with Gasteiger partial charge in [-0.15, -0.1) is 0 Å². The summed E-state index contributed by atoms with van der Waals surface area (Å²) in [5.41, 5.74) is 2.51. The second-order valence-corrected chi connectivity index (χ2v) is 7.04. The van der Waals surface area contributed by atoms with Gasteiger partial charge in [-0.2, -0.15) is 0 Å². The van der Waals surface area contributed by atoms with Crippen LogP contribution in [-0.4, -0.2) is 36.2 Å². The number of ether oxygens (including phenoxy) is 1. The van der Waals surface area contributed by atoms with E-state index in [2.05, 4.69) is 63.0 Å². The van der Waals surface area contributed by atoms with E-state index < -0.39 is 0 Å². The maximum Gasteiger partial charge on any atom is 0.125 e.